The first-order valence-corrected chi connectivity index (χ1v) is 15.3. The molecule has 0 atom stereocenters. The largest absolute Gasteiger partial charge is 0.422 e. The van der Waals surface area contributed by atoms with E-state index in [0.29, 0.717) is 63.0 Å². The molecule has 0 unspecified atom stereocenters. The third-order valence-electron chi connectivity index (χ3n) is 3.79. The Morgan fingerprint density at radius 1 is 1.00 bits per heavy atom. The summed E-state index contributed by atoms with van der Waals surface area (Å²) in [6.45, 7) is 14.2. The van der Waals surface area contributed by atoms with Gasteiger partial charge in [0.15, 0.2) is 10.2 Å². The molecule has 1 aliphatic rings. The van der Waals surface area contributed by atoms with Crippen LogP contribution in [0.3, 0.4) is 0 Å². The number of rotatable bonds is 15. The quantitative estimate of drug-likeness (QED) is 0.109. The SMILES string of the molecule is CC(=O)SCCNC=O.CC(C)CC(=O)SCCNC(=O)OCOP1OCC(C)(C)CO1.CCCNC=O. The summed E-state index contributed by atoms with van der Waals surface area (Å²) in [5.74, 6) is 1.53. The molecular formula is C23H44N3O9PS2. The molecule has 15 heteroatoms. The van der Waals surface area contributed by atoms with Crippen LogP contribution in [0.15, 0.2) is 0 Å². The van der Waals surface area contributed by atoms with E-state index in [-0.39, 0.29) is 22.4 Å². The van der Waals surface area contributed by atoms with Gasteiger partial charge in [-0.15, -0.1) is 0 Å². The van der Waals surface area contributed by atoms with E-state index in [4.69, 9.17) is 18.3 Å². The van der Waals surface area contributed by atoms with E-state index < -0.39 is 14.7 Å². The van der Waals surface area contributed by atoms with Crippen molar-refractivity contribution < 1.29 is 42.3 Å². The first-order valence-electron chi connectivity index (χ1n) is 12.2. The number of amides is 3. The maximum Gasteiger partial charge on any atom is 0.409 e. The third-order valence-corrected chi connectivity index (χ3v) is 6.50. The van der Waals surface area contributed by atoms with Crippen LogP contribution in [0.5, 0.6) is 0 Å². The average Bonchev–Trinajstić information content (AvgIpc) is 2.84. The number of carbonyl (C=O) groups excluding carboxylic acids is 5. The molecule has 0 aromatic rings. The van der Waals surface area contributed by atoms with Crippen molar-refractivity contribution in [2.24, 2.45) is 11.3 Å². The molecule has 0 bridgehead atoms. The molecule has 3 amide bonds. The van der Waals surface area contributed by atoms with E-state index in [2.05, 4.69) is 16.0 Å². The Labute approximate surface area is 236 Å². The number of thioether (sulfide) groups is 2. The Morgan fingerprint density at radius 2 is 1.58 bits per heavy atom. The van der Waals surface area contributed by atoms with Crippen LogP contribution in [0.1, 0.15) is 54.4 Å². The summed E-state index contributed by atoms with van der Waals surface area (Å²) in [4.78, 5) is 52.2. The van der Waals surface area contributed by atoms with Gasteiger partial charge in [-0.1, -0.05) is 58.1 Å². The highest BCUT2D eigenvalue weighted by Gasteiger charge is 2.30. The number of carbonyl (C=O) groups is 5. The smallest absolute Gasteiger partial charge is 0.409 e. The number of nitrogens with one attached hydrogen (secondary N) is 3. The molecule has 0 aromatic heterocycles. The maximum absolute atomic E-state index is 11.5. The second-order valence-corrected chi connectivity index (χ2v) is 12.5. The van der Waals surface area contributed by atoms with E-state index in [1.165, 1.54) is 30.4 Å². The molecule has 1 heterocycles. The first-order chi connectivity index (χ1) is 18.0. The summed E-state index contributed by atoms with van der Waals surface area (Å²) in [5, 5.41) is 7.74. The number of alkyl carbamates (subject to hydrolysis) is 1. The van der Waals surface area contributed by atoms with Crippen LogP contribution in [0.4, 0.5) is 4.79 Å². The van der Waals surface area contributed by atoms with Crippen molar-refractivity contribution in [1.82, 2.24) is 16.0 Å². The van der Waals surface area contributed by atoms with Crippen LogP contribution < -0.4 is 16.0 Å². The Kier molecular flexibility index (Phi) is 26.3. The van der Waals surface area contributed by atoms with Gasteiger partial charge in [0.05, 0.1) is 13.2 Å². The summed E-state index contributed by atoms with van der Waals surface area (Å²) in [5.41, 5.74) is -0.0227. The molecule has 0 aromatic carbocycles. The molecule has 1 fully saturated rings. The van der Waals surface area contributed by atoms with E-state index in [1.54, 1.807) is 0 Å². The van der Waals surface area contributed by atoms with Crippen molar-refractivity contribution >= 4 is 61.3 Å². The van der Waals surface area contributed by atoms with Crippen LogP contribution >= 0.6 is 32.1 Å². The van der Waals surface area contributed by atoms with Gasteiger partial charge in [-0.3, -0.25) is 23.7 Å². The molecule has 3 N–H and O–H groups in total. The molecule has 0 radical (unpaired) electrons. The van der Waals surface area contributed by atoms with Crippen molar-refractivity contribution in [3.05, 3.63) is 0 Å². The van der Waals surface area contributed by atoms with Gasteiger partial charge in [-0.05, 0) is 12.3 Å². The normalized spacial score (nSPS) is 14.1. The highest BCUT2D eigenvalue weighted by atomic mass is 32.2. The summed E-state index contributed by atoms with van der Waals surface area (Å²) in [7, 11) is -1.45. The molecule has 1 saturated heterocycles. The van der Waals surface area contributed by atoms with Crippen LogP contribution in [-0.2, 0) is 37.5 Å². The van der Waals surface area contributed by atoms with Crippen molar-refractivity contribution in [3.8, 4) is 0 Å². The Hall–Kier alpha value is -1.44. The predicted octanol–water partition coefficient (Wildman–Crippen LogP) is 3.45. The highest BCUT2D eigenvalue weighted by Crippen LogP contribution is 2.46. The number of hydrogen-bond acceptors (Lipinski definition) is 11. The lowest BCUT2D eigenvalue weighted by Gasteiger charge is -2.32. The summed E-state index contributed by atoms with van der Waals surface area (Å²) in [6, 6.07) is 0. The van der Waals surface area contributed by atoms with Gasteiger partial charge in [-0.2, -0.15) is 0 Å². The zero-order chi connectivity index (χ0) is 29.2. The molecule has 0 spiro atoms. The molecule has 38 heavy (non-hydrogen) atoms. The fourth-order valence-corrected chi connectivity index (χ4v) is 4.67. The van der Waals surface area contributed by atoms with Crippen molar-refractivity contribution in [2.45, 2.75) is 54.4 Å². The predicted molar refractivity (Wildman–Crippen MR) is 152 cm³/mol. The van der Waals surface area contributed by atoms with E-state index in [0.717, 1.165) is 13.0 Å². The monoisotopic (exact) mass is 601 g/mol. The highest BCUT2D eigenvalue weighted by molar-refractivity contribution is 8.13. The molecule has 0 aliphatic carbocycles. The summed E-state index contributed by atoms with van der Waals surface area (Å²) < 4.78 is 20.9. The number of hydrogen-bond donors (Lipinski definition) is 3. The third kappa shape index (κ3) is 29.1. The molecule has 1 aliphatic heterocycles. The van der Waals surface area contributed by atoms with Crippen LogP contribution in [-0.4, -0.2) is 80.3 Å². The molecular weight excluding hydrogens is 557 g/mol. The van der Waals surface area contributed by atoms with Gasteiger partial charge in [-0.25, -0.2) is 4.79 Å². The molecule has 222 valence electrons. The first kappa shape index (κ1) is 38.7. The topological polar surface area (TPSA) is 158 Å². The Morgan fingerprint density at radius 3 is 2.08 bits per heavy atom. The fourth-order valence-electron chi connectivity index (χ4n) is 2.01. The van der Waals surface area contributed by atoms with E-state index in [1.807, 2.05) is 34.6 Å². The minimum atomic E-state index is -1.45. The molecule has 0 saturated carbocycles. The van der Waals surface area contributed by atoms with E-state index in [9.17, 15) is 24.0 Å². The van der Waals surface area contributed by atoms with Crippen molar-refractivity contribution in [1.29, 1.82) is 0 Å². The van der Waals surface area contributed by atoms with Gasteiger partial charge < -0.3 is 29.7 Å². The average molecular weight is 602 g/mol. The van der Waals surface area contributed by atoms with Gasteiger partial charge in [0.25, 0.3) is 0 Å². The summed E-state index contributed by atoms with van der Waals surface area (Å²) in [6.07, 6.45) is 2.31. The second kappa shape index (κ2) is 25.8. The minimum absolute atomic E-state index is 0.0227. The Balaban J connectivity index is 0. The lowest BCUT2D eigenvalue weighted by atomic mass is 9.97. The standard InChI is InChI=1S/C14H26NO6PS.C5H9NO2S.C4H9NO/c1-11(2)7-12(16)23-6-5-15-13(17)18-10-21-22-19-8-14(3,4)9-20-22;1-5(8)9-3-2-6-4-7;1-2-3-5-4-6/h11H,5-10H2,1-4H3,(H,15,17);4H,2-3H2,1H3,(H,6,7);4H,2-3H2,1H3,(H,5,6). The lowest BCUT2D eigenvalue weighted by molar-refractivity contribution is -0.112. The van der Waals surface area contributed by atoms with Gasteiger partial charge in [0.1, 0.15) is 0 Å². The maximum atomic E-state index is 11.5. The van der Waals surface area contributed by atoms with Crippen LogP contribution in [0.2, 0.25) is 0 Å². The van der Waals surface area contributed by atoms with E-state index >= 15 is 0 Å². The lowest BCUT2D eigenvalue weighted by Crippen LogP contribution is -2.29. The zero-order valence-corrected chi connectivity index (χ0v) is 25.8. The van der Waals surface area contributed by atoms with Crippen LogP contribution in [0, 0.1) is 11.3 Å². The number of ether oxygens (including phenoxy) is 1. The zero-order valence-electron chi connectivity index (χ0n) is 23.2. The second-order valence-electron chi connectivity index (χ2n) is 8.84. The van der Waals surface area contributed by atoms with Gasteiger partial charge in [0, 0.05) is 49.9 Å². The fraction of sp³-hybridized carbons (Fsp3) is 0.783. The molecule has 12 nitrogen and oxygen atoms in total. The Bertz CT molecular complexity index is 664. The van der Waals surface area contributed by atoms with Gasteiger partial charge >= 0.3 is 14.7 Å². The van der Waals surface area contributed by atoms with Crippen molar-refractivity contribution in [2.75, 3.05) is 51.1 Å². The van der Waals surface area contributed by atoms with Crippen LogP contribution in [0.25, 0.3) is 0 Å². The molecule has 1 rings (SSSR count). The minimum Gasteiger partial charge on any atom is -0.422 e. The summed E-state index contributed by atoms with van der Waals surface area (Å²) >= 11 is 2.43. The van der Waals surface area contributed by atoms with Crippen molar-refractivity contribution in [3.63, 3.8) is 0 Å². The van der Waals surface area contributed by atoms with Gasteiger partial charge in [0.2, 0.25) is 19.6 Å².